The number of methoxy groups -OCH3 is 1. The van der Waals surface area contributed by atoms with E-state index in [2.05, 4.69) is 37.8 Å². The summed E-state index contributed by atoms with van der Waals surface area (Å²) >= 11 is 0. The summed E-state index contributed by atoms with van der Waals surface area (Å²) in [7, 11) is -2.12. The molecule has 1 atom stereocenters. The van der Waals surface area contributed by atoms with Gasteiger partial charge in [0.25, 0.3) is 16.0 Å². The van der Waals surface area contributed by atoms with Crippen molar-refractivity contribution in [3.8, 4) is 29.6 Å². The van der Waals surface area contributed by atoms with Crippen molar-refractivity contribution in [3.63, 3.8) is 0 Å². The first-order valence-corrected chi connectivity index (χ1v) is 10.1. The van der Waals surface area contributed by atoms with E-state index in [4.69, 9.17) is 14.0 Å². The summed E-state index contributed by atoms with van der Waals surface area (Å²) in [4.78, 5) is 11.3. The van der Waals surface area contributed by atoms with E-state index < -0.39 is 10.1 Å². The first kappa shape index (κ1) is 23.5. The second-order valence-electron chi connectivity index (χ2n) is 5.63. The zero-order valence-electron chi connectivity index (χ0n) is 16.2. The van der Waals surface area contributed by atoms with Crippen LogP contribution in [-0.2, 0) is 28.6 Å². The Hall–Kier alpha value is -2.53. The Kier molecular flexibility index (Phi) is 10.1. The number of esters is 1. The van der Waals surface area contributed by atoms with Crippen LogP contribution in [0.25, 0.3) is 0 Å². The molecule has 0 aliphatic rings. The molecular formula is C18H23NO8S. The van der Waals surface area contributed by atoms with E-state index in [9.17, 15) is 13.2 Å². The maximum Gasteiger partial charge on any atom is 0.306 e. The lowest BCUT2D eigenvalue weighted by Crippen LogP contribution is -2.09. The molecule has 0 N–H and O–H groups in total. The van der Waals surface area contributed by atoms with Gasteiger partial charge in [0.1, 0.15) is 12.4 Å². The molecule has 0 amide bonds. The van der Waals surface area contributed by atoms with Crippen LogP contribution in [-0.4, -0.2) is 59.3 Å². The molecule has 0 saturated carbocycles. The van der Waals surface area contributed by atoms with Gasteiger partial charge in [-0.15, -0.1) is 0 Å². The van der Waals surface area contributed by atoms with Crippen molar-refractivity contribution in [3.05, 3.63) is 11.3 Å². The summed E-state index contributed by atoms with van der Waals surface area (Å²) in [6.45, 7) is 3.84. The van der Waals surface area contributed by atoms with E-state index in [1.165, 1.54) is 7.11 Å². The normalized spacial score (nSPS) is 11.6. The van der Waals surface area contributed by atoms with Crippen LogP contribution in [0.5, 0.6) is 5.88 Å². The van der Waals surface area contributed by atoms with Gasteiger partial charge in [0.05, 0.1) is 38.6 Å². The molecule has 0 saturated heterocycles. The molecule has 1 heterocycles. The van der Waals surface area contributed by atoms with Crippen LogP contribution >= 0.6 is 0 Å². The summed E-state index contributed by atoms with van der Waals surface area (Å²) in [5, 5.41) is 3.84. The van der Waals surface area contributed by atoms with E-state index in [-0.39, 0.29) is 44.7 Å². The van der Waals surface area contributed by atoms with Crippen molar-refractivity contribution in [2.24, 2.45) is 0 Å². The minimum absolute atomic E-state index is 0.0582. The first-order valence-electron chi connectivity index (χ1n) is 8.28. The van der Waals surface area contributed by atoms with Gasteiger partial charge in [0, 0.05) is 5.92 Å². The van der Waals surface area contributed by atoms with Crippen LogP contribution in [0.1, 0.15) is 30.6 Å². The van der Waals surface area contributed by atoms with Crippen molar-refractivity contribution < 1.29 is 36.1 Å². The second-order valence-corrected chi connectivity index (χ2v) is 7.27. The van der Waals surface area contributed by atoms with Gasteiger partial charge < -0.3 is 18.7 Å². The van der Waals surface area contributed by atoms with Crippen LogP contribution in [0.4, 0.5) is 0 Å². The molecule has 10 heteroatoms. The average Bonchev–Trinajstić information content (AvgIpc) is 2.99. The quantitative estimate of drug-likeness (QED) is 0.240. The van der Waals surface area contributed by atoms with Gasteiger partial charge in [-0.2, -0.15) is 8.42 Å². The molecule has 0 aliphatic heterocycles. The number of hydrogen-bond donors (Lipinski definition) is 0. The van der Waals surface area contributed by atoms with Crippen LogP contribution < -0.4 is 4.74 Å². The number of carbonyl (C=O) groups is 1. The fourth-order valence-corrected chi connectivity index (χ4v) is 2.36. The smallest absolute Gasteiger partial charge is 0.306 e. The largest absolute Gasteiger partial charge is 0.469 e. The van der Waals surface area contributed by atoms with Gasteiger partial charge in [-0.25, -0.2) is 0 Å². The summed E-state index contributed by atoms with van der Waals surface area (Å²) < 4.78 is 46.3. The summed E-state index contributed by atoms with van der Waals surface area (Å²) in [6, 6.07) is 0. The predicted octanol–water partition coefficient (Wildman–Crippen LogP) is 1.03. The van der Waals surface area contributed by atoms with Gasteiger partial charge >= 0.3 is 5.97 Å². The topological polar surface area (TPSA) is 114 Å². The molecule has 1 aromatic rings. The molecule has 1 rings (SSSR count). The van der Waals surface area contributed by atoms with E-state index in [0.29, 0.717) is 17.2 Å². The fourth-order valence-electron chi connectivity index (χ4n) is 1.99. The summed E-state index contributed by atoms with van der Waals surface area (Å²) in [5.74, 6) is 10.9. The number of aromatic nitrogens is 1. The van der Waals surface area contributed by atoms with Crippen molar-refractivity contribution in [1.82, 2.24) is 5.16 Å². The lowest BCUT2D eigenvalue weighted by molar-refractivity contribution is -0.141. The maximum absolute atomic E-state index is 11.3. The minimum Gasteiger partial charge on any atom is -0.469 e. The number of hydrogen-bond acceptors (Lipinski definition) is 9. The number of ether oxygens (including phenoxy) is 3. The average molecular weight is 413 g/mol. The molecule has 28 heavy (non-hydrogen) atoms. The molecule has 0 spiro atoms. The molecule has 1 aromatic heterocycles. The van der Waals surface area contributed by atoms with Crippen molar-refractivity contribution >= 4 is 16.1 Å². The third-order valence-electron chi connectivity index (χ3n) is 3.29. The second kappa shape index (κ2) is 12.0. The van der Waals surface area contributed by atoms with Crippen molar-refractivity contribution in [1.29, 1.82) is 0 Å². The summed E-state index contributed by atoms with van der Waals surface area (Å²) in [5.41, 5.74) is 0.703. The van der Waals surface area contributed by atoms with Crippen LogP contribution in [0.2, 0.25) is 0 Å². The monoisotopic (exact) mass is 413 g/mol. The molecule has 1 unspecified atom stereocenters. The Morgan fingerprint density at radius 1 is 1.21 bits per heavy atom. The van der Waals surface area contributed by atoms with Crippen LogP contribution in [0, 0.1) is 30.6 Å². The Balaban J connectivity index is 2.33. The predicted molar refractivity (Wildman–Crippen MR) is 98.9 cm³/mol. The lowest BCUT2D eigenvalue weighted by Gasteiger charge is -2.06. The number of carbonyl (C=O) groups excluding carboxylic acids is 1. The minimum atomic E-state index is -3.45. The Morgan fingerprint density at radius 2 is 1.89 bits per heavy atom. The molecule has 154 valence electrons. The standard InChI is InChI=1S/C18H23NO8S/c1-14(13-16(20)23-3)17-15(2)18(19-27-17)25-10-8-6-5-7-9-24-11-12-26-28(4,21)22/h14H,9-13H2,1-4H3. The van der Waals surface area contributed by atoms with Gasteiger partial charge in [-0.1, -0.05) is 12.8 Å². The molecular weight excluding hydrogens is 390 g/mol. The van der Waals surface area contributed by atoms with Gasteiger partial charge in [-0.05, 0) is 29.8 Å². The molecule has 0 fully saturated rings. The number of nitrogens with zero attached hydrogens (tertiary/aromatic N) is 1. The Morgan fingerprint density at radius 3 is 2.54 bits per heavy atom. The van der Waals surface area contributed by atoms with Crippen molar-refractivity contribution in [2.45, 2.75) is 26.2 Å². The molecule has 0 radical (unpaired) electrons. The van der Waals surface area contributed by atoms with E-state index >= 15 is 0 Å². The third-order valence-corrected chi connectivity index (χ3v) is 3.88. The highest BCUT2D eigenvalue weighted by Crippen LogP contribution is 2.28. The zero-order chi connectivity index (χ0) is 21.0. The molecule has 0 bridgehead atoms. The summed E-state index contributed by atoms with van der Waals surface area (Å²) in [6.07, 6.45) is 1.15. The highest BCUT2D eigenvalue weighted by molar-refractivity contribution is 7.85. The highest BCUT2D eigenvalue weighted by atomic mass is 32.2. The third kappa shape index (κ3) is 9.42. The van der Waals surface area contributed by atoms with Gasteiger partial charge in [-0.3, -0.25) is 8.98 Å². The SMILES string of the molecule is COC(=O)CC(C)c1onc(OCC#CC#CCOCCOS(C)(=O)=O)c1C. The maximum atomic E-state index is 11.3. The van der Waals surface area contributed by atoms with E-state index in [1.807, 2.05) is 6.92 Å². The van der Waals surface area contributed by atoms with E-state index in [1.54, 1.807) is 6.92 Å². The Bertz CT molecular complexity index is 867. The van der Waals surface area contributed by atoms with E-state index in [0.717, 1.165) is 6.26 Å². The Labute approximate surface area is 164 Å². The molecule has 0 aromatic carbocycles. The molecule has 0 aliphatic carbocycles. The first-order chi connectivity index (χ1) is 13.2. The highest BCUT2D eigenvalue weighted by Gasteiger charge is 2.21. The number of rotatable bonds is 10. The van der Waals surface area contributed by atoms with Crippen LogP contribution in [0.15, 0.2) is 4.52 Å². The zero-order valence-corrected chi connectivity index (χ0v) is 17.1. The molecule has 9 nitrogen and oxygen atoms in total. The van der Waals surface area contributed by atoms with Crippen LogP contribution in [0.3, 0.4) is 0 Å². The van der Waals surface area contributed by atoms with Gasteiger partial charge in [0.2, 0.25) is 0 Å². The lowest BCUT2D eigenvalue weighted by atomic mass is 10.0. The fraction of sp³-hybridized carbons (Fsp3) is 0.556. The van der Waals surface area contributed by atoms with Crippen molar-refractivity contribution in [2.75, 3.05) is 39.8 Å². The van der Waals surface area contributed by atoms with Gasteiger partial charge in [0.15, 0.2) is 6.61 Å².